The van der Waals surface area contributed by atoms with Gasteiger partial charge in [0, 0.05) is 45.3 Å². The number of rotatable bonds is 25. The molecule has 6 amide bonds. The van der Waals surface area contributed by atoms with Crippen molar-refractivity contribution >= 4 is 59.1 Å². The summed E-state index contributed by atoms with van der Waals surface area (Å²) in [6, 6.07) is 0.393. The number of hydrogen-bond acceptors (Lipinski definition) is 11. The van der Waals surface area contributed by atoms with E-state index in [1.165, 1.54) is 4.90 Å². The van der Waals surface area contributed by atoms with Crippen LogP contribution in [0.15, 0.2) is 24.3 Å². The largest absolute Gasteiger partial charge is 0.481 e. The Morgan fingerprint density at radius 1 is 0.717 bits per heavy atom. The van der Waals surface area contributed by atoms with Crippen molar-refractivity contribution in [3.05, 3.63) is 35.4 Å². The summed E-state index contributed by atoms with van der Waals surface area (Å²) in [5.74, 6) is -10.1. The fourth-order valence-corrected chi connectivity index (χ4v) is 6.66. The molecule has 6 unspecified atom stereocenters. The van der Waals surface area contributed by atoms with Crippen LogP contribution in [0.25, 0.3) is 0 Å². The first-order valence-electron chi connectivity index (χ1n) is 19.9. The van der Waals surface area contributed by atoms with E-state index in [0.717, 1.165) is 18.1 Å². The van der Waals surface area contributed by atoms with Gasteiger partial charge in [-0.2, -0.15) is 0 Å². The number of amides is 6. The van der Waals surface area contributed by atoms with Crippen LogP contribution in [0.3, 0.4) is 0 Å². The molecule has 1 heterocycles. The van der Waals surface area contributed by atoms with Gasteiger partial charge in [-0.3, -0.25) is 47.9 Å². The van der Waals surface area contributed by atoms with Crippen LogP contribution in [0, 0.1) is 11.8 Å². The van der Waals surface area contributed by atoms with Crippen molar-refractivity contribution < 1.29 is 63.3 Å². The van der Waals surface area contributed by atoms with Gasteiger partial charge in [-0.1, -0.05) is 65.3 Å². The predicted octanol–water partition coefficient (Wildman–Crippen LogP) is -0.531. The second-order valence-corrected chi connectivity index (χ2v) is 15.4. The van der Waals surface area contributed by atoms with Crippen LogP contribution in [-0.2, 0) is 60.9 Å². The van der Waals surface area contributed by atoms with Gasteiger partial charge in [0.25, 0.3) is 5.91 Å². The first-order chi connectivity index (χ1) is 28.2. The van der Waals surface area contributed by atoms with Crippen LogP contribution in [0.1, 0.15) is 91.2 Å². The van der Waals surface area contributed by atoms with E-state index in [1.807, 2.05) is 5.32 Å². The molecule has 0 aliphatic carbocycles. The standard InChI is InChI=1S/C40H59N7O13/c1-7-10-27(35(55)39(59)42-19-32(53)54)45-37(57)29-17-24-11-8-9-12-25(24)20-47(29)40(60)34(22(4)5)46-38(58)33(21(2)3)41-18-26(13-15-30(49)50)44-36(56)28(43-23(6)48)14-16-31(51)52/h8-9,11-12,21-22,26-29,33-34,41H,7,10,13-20H2,1-6H3,(H,42,59)(H,43,48)(H,44,56)(H,45,57)(H,46,58)(H,49,50)(H,51,52)(H,53,54). The maximum absolute atomic E-state index is 14.5. The summed E-state index contributed by atoms with van der Waals surface area (Å²) in [7, 11) is 0. The fraction of sp³-hybridized carbons (Fsp3) is 0.600. The Morgan fingerprint density at radius 2 is 1.32 bits per heavy atom. The Labute approximate surface area is 348 Å². The number of carbonyl (C=O) groups is 10. The number of carboxylic acids is 3. The molecular weight excluding hydrogens is 786 g/mol. The van der Waals surface area contributed by atoms with Crippen molar-refractivity contribution in [3.63, 3.8) is 0 Å². The number of nitrogens with zero attached hydrogens (tertiary/aromatic N) is 1. The minimum atomic E-state index is -1.36. The van der Waals surface area contributed by atoms with E-state index in [-0.39, 0.29) is 45.2 Å². The molecule has 1 aliphatic heterocycles. The van der Waals surface area contributed by atoms with E-state index in [9.17, 15) is 53.1 Å². The average molecular weight is 846 g/mol. The second-order valence-electron chi connectivity index (χ2n) is 15.4. The zero-order valence-electron chi connectivity index (χ0n) is 34.9. The predicted molar refractivity (Wildman–Crippen MR) is 214 cm³/mol. The molecule has 20 heteroatoms. The maximum atomic E-state index is 14.5. The van der Waals surface area contributed by atoms with Gasteiger partial charge in [-0.25, -0.2) is 0 Å². The maximum Gasteiger partial charge on any atom is 0.322 e. The molecule has 0 fully saturated rings. The SMILES string of the molecule is CCCC(NC(=O)C1Cc2ccccc2CN1C(=O)C(NC(=O)C(NCC(CCC(=O)O)NC(=O)C(CCC(=O)O)NC(C)=O)C(C)C)C(C)C)C(=O)C(=O)NCC(=O)O. The van der Waals surface area contributed by atoms with Crippen LogP contribution in [0.5, 0.6) is 0 Å². The van der Waals surface area contributed by atoms with E-state index >= 15 is 0 Å². The monoisotopic (exact) mass is 845 g/mol. The molecule has 0 spiro atoms. The minimum Gasteiger partial charge on any atom is -0.481 e. The lowest BCUT2D eigenvalue weighted by Crippen LogP contribution is -2.62. The van der Waals surface area contributed by atoms with E-state index in [2.05, 4.69) is 26.6 Å². The molecule has 60 heavy (non-hydrogen) atoms. The topological polar surface area (TPSA) is 307 Å². The number of aliphatic carboxylic acids is 3. The lowest BCUT2D eigenvalue weighted by Gasteiger charge is -2.39. The number of hydrogen-bond donors (Lipinski definition) is 9. The second kappa shape index (κ2) is 24.2. The summed E-state index contributed by atoms with van der Waals surface area (Å²) in [5, 5.41) is 42.9. The van der Waals surface area contributed by atoms with E-state index < -0.39 is 120 Å². The summed E-state index contributed by atoms with van der Waals surface area (Å²) in [4.78, 5) is 128. The highest BCUT2D eigenvalue weighted by molar-refractivity contribution is 6.38. The van der Waals surface area contributed by atoms with Crippen molar-refractivity contribution in [1.29, 1.82) is 0 Å². The lowest BCUT2D eigenvalue weighted by molar-refractivity contribution is -0.147. The summed E-state index contributed by atoms with van der Waals surface area (Å²) in [6.45, 7) is 8.79. The Balaban J connectivity index is 2.36. The molecule has 0 bridgehead atoms. The first-order valence-corrected chi connectivity index (χ1v) is 19.9. The lowest BCUT2D eigenvalue weighted by atomic mass is 9.91. The number of nitrogens with one attached hydrogen (secondary N) is 6. The molecule has 0 saturated carbocycles. The van der Waals surface area contributed by atoms with E-state index in [4.69, 9.17) is 10.2 Å². The summed E-state index contributed by atoms with van der Waals surface area (Å²) in [6.07, 6.45) is -0.629. The molecule has 1 aliphatic rings. The third-order valence-electron chi connectivity index (χ3n) is 9.83. The molecule has 1 aromatic carbocycles. The fourth-order valence-electron chi connectivity index (χ4n) is 6.66. The van der Waals surface area contributed by atoms with Crippen LogP contribution in [-0.4, -0.2) is 129 Å². The van der Waals surface area contributed by atoms with Crippen LogP contribution in [0.4, 0.5) is 0 Å². The number of fused-ring (bicyclic) bond motifs is 1. The molecular formula is C40H59N7O13. The first kappa shape index (κ1) is 50.2. The van der Waals surface area contributed by atoms with Gasteiger partial charge in [0.15, 0.2) is 0 Å². The van der Waals surface area contributed by atoms with Gasteiger partial charge in [0.2, 0.25) is 35.3 Å². The highest BCUT2D eigenvalue weighted by Crippen LogP contribution is 2.26. The summed E-state index contributed by atoms with van der Waals surface area (Å²) in [5.41, 5.74) is 1.51. The molecule has 332 valence electrons. The number of benzene rings is 1. The molecule has 20 nitrogen and oxygen atoms in total. The molecule has 0 saturated heterocycles. The molecule has 0 radical (unpaired) electrons. The number of Topliss-reactive ketones (excluding diaryl/α,β-unsaturated/α-hetero) is 1. The highest BCUT2D eigenvalue weighted by atomic mass is 16.4. The third kappa shape index (κ3) is 16.0. The molecule has 9 N–H and O–H groups in total. The zero-order valence-corrected chi connectivity index (χ0v) is 34.9. The van der Waals surface area contributed by atoms with Gasteiger partial charge in [0.05, 0.1) is 12.1 Å². The van der Waals surface area contributed by atoms with Crippen molar-refractivity contribution in [1.82, 2.24) is 36.8 Å². The third-order valence-corrected chi connectivity index (χ3v) is 9.83. The Hall–Kier alpha value is -5.92. The Kier molecular flexibility index (Phi) is 20.3. The number of ketones is 1. The number of carbonyl (C=O) groups excluding carboxylic acids is 7. The van der Waals surface area contributed by atoms with Crippen LogP contribution < -0.4 is 31.9 Å². The normalized spacial score (nSPS) is 15.9. The quantitative estimate of drug-likeness (QED) is 0.0560. The van der Waals surface area contributed by atoms with Gasteiger partial charge < -0.3 is 52.1 Å². The number of carboxylic acid groups (broad SMARTS) is 3. The van der Waals surface area contributed by atoms with Crippen molar-refractivity contribution in [2.75, 3.05) is 13.1 Å². The van der Waals surface area contributed by atoms with Crippen molar-refractivity contribution in [2.24, 2.45) is 11.8 Å². The Morgan fingerprint density at radius 3 is 1.87 bits per heavy atom. The van der Waals surface area contributed by atoms with Crippen molar-refractivity contribution in [2.45, 2.75) is 129 Å². The van der Waals surface area contributed by atoms with Gasteiger partial charge in [-0.05, 0) is 42.2 Å². The smallest absolute Gasteiger partial charge is 0.322 e. The highest BCUT2D eigenvalue weighted by Gasteiger charge is 2.41. The molecule has 0 aromatic heterocycles. The Bertz CT molecular complexity index is 1750. The zero-order chi connectivity index (χ0) is 45.3. The van der Waals surface area contributed by atoms with Gasteiger partial charge >= 0.3 is 17.9 Å². The summed E-state index contributed by atoms with van der Waals surface area (Å²) >= 11 is 0. The minimum absolute atomic E-state index is 0.0273. The van der Waals surface area contributed by atoms with E-state index in [1.54, 1.807) is 58.9 Å². The molecule has 6 atom stereocenters. The van der Waals surface area contributed by atoms with Crippen LogP contribution in [0.2, 0.25) is 0 Å². The molecule has 1 aromatic rings. The van der Waals surface area contributed by atoms with Gasteiger partial charge in [-0.15, -0.1) is 0 Å². The average Bonchev–Trinajstić information content (AvgIpc) is 3.17. The van der Waals surface area contributed by atoms with Gasteiger partial charge in [0.1, 0.15) is 24.7 Å². The van der Waals surface area contributed by atoms with Crippen LogP contribution >= 0.6 is 0 Å². The van der Waals surface area contributed by atoms with E-state index in [0.29, 0.717) is 6.42 Å². The summed E-state index contributed by atoms with van der Waals surface area (Å²) < 4.78 is 0. The van der Waals surface area contributed by atoms with Crippen molar-refractivity contribution in [3.8, 4) is 0 Å². The molecule has 2 rings (SSSR count).